The summed E-state index contributed by atoms with van der Waals surface area (Å²) in [6.07, 6.45) is 3.64. The van der Waals surface area contributed by atoms with Crippen LogP contribution in [0.2, 0.25) is 0 Å². The van der Waals surface area contributed by atoms with E-state index in [1.807, 2.05) is 18.2 Å². The number of imide groups is 1. The van der Waals surface area contributed by atoms with Gasteiger partial charge in [0.2, 0.25) is 11.8 Å². The van der Waals surface area contributed by atoms with Crippen molar-refractivity contribution in [2.75, 3.05) is 32.0 Å². The van der Waals surface area contributed by atoms with Crippen LogP contribution < -0.4 is 0 Å². The maximum atomic E-state index is 12.9. The van der Waals surface area contributed by atoms with Crippen LogP contribution in [0.15, 0.2) is 30.3 Å². The number of rotatable bonds is 8. The van der Waals surface area contributed by atoms with Gasteiger partial charge in [-0.1, -0.05) is 42.1 Å². The van der Waals surface area contributed by atoms with Gasteiger partial charge in [0.1, 0.15) is 6.54 Å². The van der Waals surface area contributed by atoms with Crippen LogP contribution in [0.1, 0.15) is 38.2 Å². The van der Waals surface area contributed by atoms with E-state index in [1.165, 1.54) is 5.56 Å². The monoisotopic (exact) mass is 432 g/mol. The van der Waals surface area contributed by atoms with Gasteiger partial charge in [-0.25, -0.2) is 0 Å². The fourth-order valence-corrected chi connectivity index (χ4v) is 4.87. The van der Waals surface area contributed by atoms with Crippen LogP contribution in [0.25, 0.3) is 0 Å². The number of piperidine rings is 1. The summed E-state index contributed by atoms with van der Waals surface area (Å²) in [5.41, 5.74) is 0.468. The van der Waals surface area contributed by atoms with Gasteiger partial charge in [-0.15, -0.1) is 0 Å². The predicted molar refractivity (Wildman–Crippen MR) is 114 cm³/mol. The summed E-state index contributed by atoms with van der Waals surface area (Å²) in [4.78, 5) is 52.0. The molecule has 8 heteroatoms. The maximum Gasteiger partial charge on any atom is 0.313 e. The van der Waals surface area contributed by atoms with Crippen LogP contribution in [0.4, 0.5) is 4.79 Å². The molecule has 2 saturated heterocycles. The van der Waals surface area contributed by atoms with E-state index >= 15 is 0 Å². The number of hydrogen-bond donors (Lipinski definition) is 0. The molecule has 2 heterocycles. The van der Waals surface area contributed by atoms with Gasteiger partial charge in [0.15, 0.2) is 0 Å². The number of ether oxygens (including phenoxy) is 1. The van der Waals surface area contributed by atoms with Gasteiger partial charge >= 0.3 is 5.97 Å². The van der Waals surface area contributed by atoms with E-state index < -0.39 is 5.41 Å². The average molecular weight is 433 g/mol. The van der Waals surface area contributed by atoms with Crippen molar-refractivity contribution in [2.45, 2.75) is 39.0 Å². The van der Waals surface area contributed by atoms with E-state index in [2.05, 4.69) is 12.1 Å². The van der Waals surface area contributed by atoms with E-state index in [0.717, 1.165) is 29.5 Å². The Kier molecular flexibility index (Phi) is 7.53. The number of nitrogens with zero attached hydrogens (tertiary/aromatic N) is 2. The minimum Gasteiger partial charge on any atom is -0.466 e. The Morgan fingerprint density at radius 1 is 1.20 bits per heavy atom. The second kappa shape index (κ2) is 10.1. The van der Waals surface area contributed by atoms with E-state index in [9.17, 15) is 19.2 Å². The van der Waals surface area contributed by atoms with E-state index in [-0.39, 0.29) is 41.9 Å². The minimum absolute atomic E-state index is 0.0817. The molecule has 3 rings (SSSR count). The predicted octanol–water partition coefficient (Wildman–Crippen LogP) is 2.88. The molecular formula is C22H28N2O5S. The number of carbonyl (C=O) groups excluding carboxylic acids is 4. The summed E-state index contributed by atoms with van der Waals surface area (Å²) in [5.74, 6) is -0.816. The second-order valence-corrected chi connectivity index (χ2v) is 8.72. The van der Waals surface area contributed by atoms with Crippen molar-refractivity contribution < 1.29 is 23.9 Å². The molecule has 7 nitrogen and oxygen atoms in total. The Bertz CT molecular complexity index is 784. The fraction of sp³-hybridized carbons (Fsp3) is 0.545. The highest BCUT2D eigenvalue weighted by Crippen LogP contribution is 2.37. The highest BCUT2D eigenvalue weighted by Gasteiger charge is 2.45. The van der Waals surface area contributed by atoms with Gasteiger partial charge in [0, 0.05) is 13.1 Å². The van der Waals surface area contributed by atoms with Crippen LogP contribution in [0.3, 0.4) is 0 Å². The Balaban J connectivity index is 1.67. The average Bonchev–Trinajstić information content (AvgIpc) is 3.07. The lowest BCUT2D eigenvalue weighted by molar-refractivity contribution is -0.162. The Labute approximate surface area is 181 Å². The first kappa shape index (κ1) is 22.3. The van der Waals surface area contributed by atoms with Crippen molar-refractivity contribution in [1.82, 2.24) is 9.80 Å². The Morgan fingerprint density at radius 3 is 2.63 bits per heavy atom. The number of esters is 1. The van der Waals surface area contributed by atoms with Crippen LogP contribution in [-0.2, 0) is 25.5 Å². The first-order valence-corrected chi connectivity index (χ1v) is 11.4. The van der Waals surface area contributed by atoms with Crippen molar-refractivity contribution in [3.63, 3.8) is 0 Å². The highest BCUT2D eigenvalue weighted by molar-refractivity contribution is 8.14. The zero-order valence-corrected chi connectivity index (χ0v) is 18.1. The molecule has 2 aliphatic rings. The number of carbonyl (C=O) groups is 4. The zero-order valence-electron chi connectivity index (χ0n) is 17.3. The molecule has 0 saturated carbocycles. The molecule has 0 N–H and O–H groups in total. The lowest BCUT2D eigenvalue weighted by atomic mass is 9.75. The normalized spacial score (nSPS) is 21.8. The lowest BCUT2D eigenvalue weighted by Crippen LogP contribution is -2.53. The van der Waals surface area contributed by atoms with Crippen molar-refractivity contribution in [2.24, 2.45) is 5.41 Å². The van der Waals surface area contributed by atoms with Gasteiger partial charge in [-0.2, -0.15) is 0 Å². The van der Waals surface area contributed by atoms with Crippen LogP contribution in [0, 0.1) is 5.41 Å². The number of thioether (sulfide) groups is 1. The first-order chi connectivity index (χ1) is 14.4. The molecule has 3 amide bonds. The summed E-state index contributed by atoms with van der Waals surface area (Å²) in [5, 5.41) is -0.384. The van der Waals surface area contributed by atoms with Gasteiger partial charge in [0.25, 0.3) is 5.24 Å². The largest absolute Gasteiger partial charge is 0.466 e. The molecule has 162 valence electrons. The van der Waals surface area contributed by atoms with Gasteiger partial charge in [-0.05, 0) is 44.6 Å². The van der Waals surface area contributed by atoms with E-state index in [4.69, 9.17) is 4.74 Å². The molecule has 1 atom stereocenters. The molecule has 0 spiro atoms. The Morgan fingerprint density at radius 2 is 1.97 bits per heavy atom. The maximum absolute atomic E-state index is 12.9. The third-order valence-electron chi connectivity index (χ3n) is 5.74. The van der Waals surface area contributed by atoms with Gasteiger partial charge < -0.3 is 9.64 Å². The number of likely N-dealkylation sites (tertiary alicyclic amines) is 1. The molecule has 2 aliphatic heterocycles. The lowest BCUT2D eigenvalue weighted by Gasteiger charge is -2.41. The summed E-state index contributed by atoms with van der Waals surface area (Å²) in [7, 11) is 0. The van der Waals surface area contributed by atoms with Crippen molar-refractivity contribution in [3.8, 4) is 0 Å². The van der Waals surface area contributed by atoms with Crippen LogP contribution in [0.5, 0.6) is 0 Å². The number of amides is 3. The second-order valence-electron chi connectivity index (χ2n) is 7.79. The zero-order chi connectivity index (χ0) is 21.6. The van der Waals surface area contributed by atoms with Crippen LogP contribution >= 0.6 is 11.8 Å². The number of benzene rings is 1. The summed E-state index contributed by atoms with van der Waals surface area (Å²) in [6, 6.07) is 10.1. The molecule has 0 aliphatic carbocycles. The van der Waals surface area contributed by atoms with Crippen molar-refractivity contribution in [3.05, 3.63) is 35.9 Å². The van der Waals surface area contributed by atoms with Crippen molar-refractivity contribution in [1.29, 1.82) is 0 Å². The SMILES string of the molecule is CCOC(=O)[C@]1(CCCc2ccccc2)CCCN(C(=O)CN2C(=O)CSC2=O)C1. The highest BCUT2D eigenvalue weighted by atomic mass is 32.2. The molecule has 0 radical (unpaired) electrons. The van der Waals surface area contributed by atoms with Crippen LogP contribution in [-0.4, -0.2) is 64.8 Å². The third-order valence-corrected chi connectivity index (χ3v) is 6.59. The summed E-state index contributed by atoms with van der Waals surface area (Å²) >= 11 is 0.915. The molecule has 1 aromatic rings. The fourth-order valence-electron chi connectivity index (χ4n) is 4.15. The first-order valence-electron chi connectivity index (χ1n) is 10.4. The quantitative estimate of drug-likeness (QED) is 0.588. The molecule has 1 aromatic carbocycles. The summed E-state index contributed by atoms with van der Waals surface area (Å²) < 4.78 is 5.38. The van der Waals surface area contributed by atoms with E-state index in [0.29, 0.717) is 32.4 Å². The van der Waals surface area contributed by atoms with Gasteiger partial charge in [-0.3, -0.25) is 24.1 Å². The molecule has 0 unspecified atom stereocenters. The van der Waals surface area contributed by atoms with Gasteiger partial charge in [0.05, 0.1) is 17.8 Å². The molecular weight excluding hydrogens is 404 g/mol. The standard InChI is InChI=1S/C22H28N2O5S/c1-2-29-20(27)22(11-6-10-17-8-4-3-5-9-17)12-7-13-23(16-22)18(25)14-24-19(26)15-30-21(24)28/h3-5,8-9H,2,6-7,10-16H2,1H3/t22-/m1/s1. The molecule has 0 aromatic heterocycles. The minimum atomic E-state index is -0.744. The molecule has 2 fully saturated rings. The topological polar surface area (TPSA) is 84.0 Å². The number of aryl methyl sites for hydroxylation is 1. The summed E-state index contributed by atoms with van der Waals surface area (Å²) in [6.45, 7) is 2.60. The third kappa shape index (κ3) is 5.22. The Hall–Kier alpha value is -2.35. The molecule has 30 heavy (non-hydrogen) atoms. The smallest absolute Gasteiger partial charge is 0.313 e. The molecule has 0 bridgehead atoms. The van der Waals surface area contributed by atoms with Crippen molar-refractivity contribution >= 4 is 34.8 Å². The van der Waals surface area contributed by atoms with E-state index in [1.54, 1.807) is 11.8 Å². The number of hydrogen-bond acceptors (Lipinski definition) is 6.